The highest BCUT2D eigenvalue weighted by atomic mass is 32.2. The first-order chi connectivity index (χ1) is 8.34. The van der Waals surface area contributed by atoms with Gasteiger partial charge in [-0.3, -0.25) is 4.79 Å². The van der Waals surface area contributed by atoms with Gasteiger partial charge in [-0.15, -0.1) is 0 Å². The van der Waals surface area contributed by atoms with Gasteiger partial charge in [0.1, 0.15) is 11.4 Å². The highest BCUT2D eigenvalue weighted by Crippen LogP contribution is 2.32. The number of urea groups is 1. The predicted molar refractivity (Wildman–Crippen MR) is 61.7 cm³/mol. The fourth-order valence-electron chi connectivity index (χ4n) is 1.69. The van der Waals surface area contributed by atoms with Gasteiger partial charge in [-0.2, -0.15) is 0 Å². The van der Waals surface area contributed by atoms with Crippen molar-refractivity contribution in [3.8, 4) is 0 Å². The van der Waals surface area contributed by atoms with E-state index in [4.69, 9.17) is 5.11 Å². The third-order valence-electron chi connectivity index (χ3n) is 2.54. The van der Waals surface area contributed by atoms with Gasteiger partial charge in [0, 0.05) is 0 Å². The first-order valence-corrected chi connectivity index (χ1v) is 6.43. The second-order valence-corrected chi connectivity index (χ2v) is 5.61. The summed E-state index contributed by atoms with van der Waals surface area (Å²) >= 11 is 0. The molecule has 8 heteroatoms. The van der Waals surface area contributed by atoms with E-state index in [1.54, 1.807) is 13.0 Å². The van der Waals surface area contributed by atoms with Crippen molar-refractivity contribution in [3.05, 3.63) is 23.8 Å². The molecule has 18 heavy (non-hydrogen) atoms. The van der Waals surface area contributed by atoms with E-state index in [0.717, 1.165) is 0 Å². The van der Waals surface area contributed by atoms with Crippen LogP contribution in [0.3, 0.4) is 0 Å². The number of sulfonamides is 1. The summed E-state index contributed by atoms with van der Waals surface area (Å²) in [5.41, 5.74) is 0.795. The molecule has 2 rings (SSSR count). The normalized spacial score (nSPS) is 16.9. The van der Waals surface area contributed by atoms with E-state index < -0.39 is 28.6 Å². The van der Waals surface area contributed by atoms with Gasteiger partial charge in [0.25, 0.3) is 10.0 Å². The number of anilines is 1. The molecule has 7 nitrogen and oxygen atoms in total. The van der Waals surface area contributed by atoms with Crippen LogP contribution in [-0.4, -0.2) is 36.4 Å². The molecule has 1 heterocycles. The molecule has 0 spiro atoms. The summed E-state index contributed by atoms with van der Waals surface area (Å²) in [6, 6.07) is 3.55. The molecule has 0 aromatic heterocycles. The minimum atomic E-state index is -4.11. The standard InChI is InChI=1S/C10H10N2O5S/c1-6-3-2-4-7-9(6)11-10(15)12(5-8(13)14)18(7,16)17/h2-4H,5H2,1H3,(H,11,15)(H,13,14). The molecule has 0 saturated heterocycles. The van der Waals surface area contributed by atoms with Crippen molar-refractivity contribution in [1.29, 1.82) is 0 Å². The Morgan fingerprint density at radius 1 is 1.44 bits per heavy atom. The Bertz CT molecular complexity index is 638. The molecule has 1 aliphatic rings. The smallest absolute Gasteiger partial charge is 0.336 e. The lowest BCUT2D eigenvalue weighted by Gasteiger charge is -2.28. The molecule has 0 atom stereocenters. The Morgan fingerprint density at radius 2 is 2.11 bits per heavy atom. The van der Waals surface area contributed by atoms with Crippen LogP contribution in [0.2, 0.25) is 0 Å². The summed E-state index contributed by atoms with van der Waals surface area (Å²) in [7, 11) is -4.11. The number of aryl methyl sites for hydroxylation is 1. The number of fused-ring (bicyclic) bond motifs is 1. The molecule has 1 aliphatic heterocycles. The molecule has 96 valence electrons. The molecule has 0 bridgehead atoms. The predicted octanol–water partition coefficient (Wildman–Crippen LogP) is 0.616. The summed E-state index contributed by atoms with van der Waals surface area (Å²) < 4.78 is 24.5. The van der Waals surface area contributed by atoms with Crippen molar-refractivity contribution in [2.75, 3.05) is 11.9 Å². The van der Waals surface area contributed by atoms with E-state index in [2.05, 4.69) is 5.32 Å². The largest absolute Gasteiger partial charge is 0.480 e. The zero-order valence-electron chi connectivity index (χ0n) is 9.37. The maximum atomic E-state index is 12.1. The molecule has 2 N–H and O–H groups in total. The van der Waals surface area contributed by atoms with Gasteiger partial charge in [0.05, 0.1) is 5.69 Å². The maximum absolute atomic E-state index is 12.1. The fourth-order valence-corrected chi connectivity index (χ4v) is 3.20. The van der Waals surface area contributed by atoms with E-state index in [-0.39, 0.29) is 10.6 Å². The van der Waals surface area contributed by atoms with Crippen molar-refractivity contribution >= 4 is 27.7 Å². The van der Waals surface area contributed by atoms with Gasteiger partial charge in [0.15, 0.2) is 0 Å². The zero-order valence-corrected chi connectivity index (χ0v) is 10.2. The number of carboxylic acids is 1. The quantitative estimate of drug-likeness (QED) is 0.819. The zero-order chi connectivity index (χ0) is 13.5. The van der Waals surface area contributed by atoms with Crippen LogP contribution in [0.15, 0.2) is 23.1 Å². The molecule has 2 amide bonds. The number of benzene rings is 1. The SMILES string of the molecule is Cc1cccc2c1NC(=O)N(CC(=O)O)S2(=O)=O. The molecule has 0 aliphatic carbocycles. The number of hydrogen-bond acceptors (Lipinski definition) is 4. The van der Waals surface area contributed by atoms with Gasteiger partial charge in [-0.1, -0.05) is 12.1 Å². The average Bonchev–Trinajstić information content (AvgIpc) is 2.26. The third-order valence-corrected chi connectivity index (χ3v) is 4.31. The lowest BCUT2D eigenvalue weighted by Crippen LogP contribution is -2.46. The topological polar surface area (TPSA) is 104 Å². The van der Waals surface area contributed by atoms with Crippen molar-refractivity contribution in [2.45, 2.75) is 11.8 Å². The highest BCUT2D eigenvalue weighted by Gasteiger charge is 2.38. The van der Waals surface area contributed by atoms with Crippen LogP contribution in [0.25, 0.3) is 0 Å². The molecular formula is C10H10N2O5S. The first-order valence-electron chi connectivity index (χ1n) is 4.99. The van der Waals surface area contributed by atoms with E-state index in [9.17, 15) is 18.0 Å². The number of carboxylic acid groups (broad SMARTS) is 1. The summed E-state index contributed by atoms with van der Waals surface area (Å²) in [4.78, 5) is 22.1. The number of carbonyl (C=O) groups excluding carboxylic acids is 1. The average molecular weight is 270 g/mol. The number of amides is 2. The number of rotatable bonds is 2. The van der Waals surface area contributed by atoms with E-state index in [1.165, 1.54) is 12.1 Å². The van der Waals surface area contributed by atoms with Crippen LogP contribution in [0.5, 0.6) is 0 Å². The number of aliphatic carboxylic acids is 1. The third kappa shape index (κ3) is 1.80. The number of carbonyl (C=O) groups is 2. The van der Waals surface area contributed by atoms with Gasteiger partial charge in [-0.25, -0.2) is 17.5 Å². The number of hydrogen-bond donors (Lipinski definition) is 2. The van der Waals surface area contributed by atoms with Gasteiger partial charge < -0.3 is 10.4 Å². The molecule has 1 aromatic carbocycles. The molecular weight excluding hydrogens is 260 g/mol. The van der Waals surface area contributed by atoms with E-state index in [1.807, 2.05) is 0 Å². The second-order valence-electron chi connectivity index (χ2n) is 3.78. The lowest BCUT2D eigenvalue weighted by molar-refractivity contribution is -0.136. The van der Waals surface area contributed by atoms with E-state index in [0.29, 0.717) is 9.87 Å². The number of para-hydroxylation sites is 1. The highest BCUT2D eigenvalue weighted by molar-refractivity contribution is 7.90. The monoisotopic (exact) mass is 270 g/mol. The second kappa shape index (κ2) is 3.98. The van der Waals surface area contributed by atoms with Crippen LogP contribution in [0.4, 0.5) is 10.5 Å². The molecule has 0 saturated carbocycles. The lowest BCUT2D eigenvalue weighted by atomic mass is 10.2. The van der Waals surface area contributed by atoms with Crippen LogP contribution in [0.1, 0.15) is 5.56 Å². The van der Waals surface area contributed by atoms with Crippen LogP contribution in [0, 0.1) is 6.92 Å². The molecule has 0 fully saturated rings. The Morgan fingerprint density at radius 3 is 2.72 bits per heavy atom. The van der Waals surface area contributed by atoms with Crippen molar-refractivity contribution in [1.82, 2.24) is 4.31 Å². The van der Waals surface area contributed by atoms with Crippen LogP contribution < -0.4 is 5.32 Å². The minimum Gasteiger partial charge on any atom is -0.480 e. The van der Waals surface area contributed by atoms with Gasteiger partial charge in [0.2, 0.25) is 0 Å². The van der Waals surface area contributed by atoms with Crippen LogP contribution in [-0.2, 0) is 14.8 Å². The Labute approximate surface area is 103 Å². The van der Waals surface area contributed by atoms with Crippen molar-refractivity contribution in [2.24, 2.45) is 0 Å². The summed E-state index contributed by atoms with van der Waals surface area (Å²) in [6.07, 6.45) is 0. The molecule has 0 radical (unpaired) electrons. The number of nitrogens with one attached hydrogen (secondary N) is 1. The fraction of sp³-hybridized carbons (Fsp3) is 0.200. The van der Waals surface area contributed by atoms with Crippen LogP contribution >= 0.6 is 0 Å². The Balaban J connectivity index is 2.61. The molecule has 0 unspecified atom stereocenters. The summed E-state index contributed by atoms with van der Waals surface area (Å²) in [5.74, 6) is -1.40. The summed E-state index contributed by atoms with van der Waals surface area (Å²) in [6.45, 7) is 0.753. The van der Waals surface area contributed by atoms with Gasteiger partial charge in [-0.05, 0) is 18.6 Å². The first kappa shape index (κ1) is 12.4. The van der Waals surface area contributed by atoms with Crippen molar-refractivity contribution in [3.63, 3.8) is 0 Å². The molecule has 1 aromatic rings. The van der Waals surface area contributed by atoms with Gasteiger partial charge >= 0.3 is 12.0 Å². The van der Waals surface area contributed by atoms with Crippen molar-refractivity contribution < 1.29 is 23.1 Å². The maximum Gasteiger partial charge on any atom is 0.336 e. The minimum absolute atomic E-state index is 0.0941. The number of nitrogens with zero attached hydrogens (tertiary/aromatic N) is 1. The Hall–Kier alpha value is -2.09. The Kier molecular flexibility index (Phi) is 2.74. The summed E-state index contributed by atoms with van der Waals surface area (Å²) in [5, 5.41) is 11.0. The van der Waals surface area contributed by atoms with E-state index >= 15 is 0 Å².